The van der Waals surface area contributed by atoms with Crippen LogP contribution in [0.3, 0.4) is 0 Å². The molecule has 0 amide bonds. The quantitative estimate of drug-likeness (QED) is 0.758. The van der Waals surface area contributed by atoms with Crippen molar-refractivity contribution < 1.29 is 5.11 Å². The Morgan fingerprint density at radius 2 is 2.21 bits per heavy atom. The predicted molar refractivity (Wildman–Crippen MR) is 61.5 cm³/mol. The Balaban J connectivity index is 2.86. The third-order valence-electron chi connectivity index (χ3n) is 2.23. The fraction of sp³-hybridized carbons (Fsp3) is 0.333. The maximum absolute atomic E-state index is 9.07. The van der Waals surface area contributed by atoms with E-state index in [-0.39, 0.29) is 6.61 Å². The SMILES string of the molecule is Cc1c(C=CCCCl)cccc1CO. The second-order valence-electron chi connectivity index (χ2n) is 3.17. The fourth-order valence-corrected chi connectivity index (χ4v) is 1.45. The van der Waals surface area contributed by atoms with Crippen LogP contribution in [0.5, 0.6) is 0 Å². The molecule has 0 aliphatic rings. The fourth-order valence-electron chi connectivity index (χ4n) is 1.33. The highest BCUT2D eigenvalue weighted by Gasteiger charge is 1.99. The molecule has 1 rings (SSSR count). The molecule has 0 atom stereocenters. The van der Waals surface area contributed by atoms with Gasteiger partial charge in [0.1, 0.15) is 0 Å². The van der Waals surface area contributed by atoms with Crippen molar-refractivity contribution in [2.45, 2.75) is 20.0 Å². The van der Waals surface area contributed by atoms with Crippen LogP contribution in [0.2, 0.25) is 0 Å². The molecule has 0 saturated carbocycles. The third kappa shape index (κ3) is 2.86. The molecule has 1 N–H and O–H groups in total. The first-order valence-electron chi connectivity index (χ1n) is 4.71. The number of halogens is 1. The first kappa shape index (κ1) is 11.3. The summed E-state index contributed by atoms with van der Waals surface area (Å²) in [6, 6.07) is 5.94. The van der Waals surface area contributed by atoms with Crippen molar-refractivity contribution in [3.05, 3.63) is 41.0 Å². The van der Waals surface area contributed by atoms with E-state index in [2.05, 4.69) is 12.2 Å². The number of rotatable bonds is 4. The zero-order chi connectivity index (χ0) is 10.4. The molecule has 0 aliphatic heterocycles. The van der Waals surface area contributed by atoms with Crippen molar-refractivity contribution >= 4 is 17.7 Å². The number of hydrogen-bond donors (Lipinski definition) is 1. The van der Waals surface area contributed by atoms with E-state index in [1.807, 2.05) is 25.1 Å². The van der Waals surface area contributed by atoms with Crippen LogP contribution in [0.15, 0.2) is 24.3 Å². The molecule has 1 aromatic carbocycles. The molecular weight excluding hydrogens is 196 g/mol. The van der Waals surface area contributed by atoms with Crippen LogP contribution in [-0.4, -0.2) is 11.0 Å². The first-order chi connectivity index (χ1) is 6.79. The van der Waals surface area contributed by atoms with E-state index in [9.17, 15) is 0 Å². The normalized spacial score (nSPS) is 11.1. The van der Waals surface area contributed by atoms with Crippen molar-refractivity contribution in [2.75, 3.05) is 5.88 Å². The summed E-state index contributed by atoms with van der Waals surface area (Å²) in [5, 5.41) is 9.07. The molecule has 0 saturated heterocycles. The monoisotopic (exact) mass is 210 g/mol. The van der Waals surface area contributed by atoms with Gasteiger partial charge in [0.15, 0.2) is 0 Å². The number of aliphatic hydroxyl groups is 1. The van der Waals surface area contributed by atoms with Gasteiger partial charge in [0.25, 0.3) is 0 Å². The molecule has 0 radical (unpaired) electrons. The molecular formula is C12H15ClO. The second-order valence-corrected chi connectivity index (χ2v) is 3.55. The summed E-state index contributed by atoms with van der Waals surface area (Å²) < 4.78 is 0. The molecule has 1 aromatic rings. The Morgan fingerprint density at radius 1 is 1.43 bits per heavy atom. The molecule has 0 bridgehead atoms. The topological polar surface area (TPSA) is 20.2 Å². The van der Waals surface area contributed by atoms with Crippen molar-refractivity contribution in [1.82, 2.24) is 0 Å². The maximum atomic E-state index is 9.07. The standard InChI is InChI=1S/C12H15ClO/c1-10-11(5-2-3-8-13)6-4-7-12(10)9-14/h2,4-7,14H,3,8-9H2,1H3. The van der Waals surface area contributed by atoms with E-state index in [1.54, 1.807) is 0 Å². The van der Waals surface area contributed by atoms with Gasteiger partial charge < -0.3 is 5.11 Å². The zero-order valence-electron chi connectivity index (χ0n) is 8.33. The van der Waals surface area contributed by atoms with E-state index in [4.69, 9.17) is 16.7 Å². The third-order valence-corrected chi connectivity index (χ3v) is 2.45. The minimum atomic E-state index is 0.100. The highest BCUT2D eigenvalue weighted by molar-refractivity contribution is 6.17. The summed E-state index contributed by atoms with van der Waals surface area (Å²) in [6.45, 7) is 2.12. The average Bonchev–Trinajstić information content (AvgIpc) is 2.21. The van der Waals surface area contributed by atoms with Crippen molar-refractivity contribution in [3.63, 3.8) is 0 Å². The molecule has 0 aliphatic carbocycles. The molecule has 0 unspecified atom stereocenters. The Kier molecular flexibility index (Phi) is 4.71. The lowest BCUT2D eigenvalue weighted by molar-refractivity contribution is 0.281. The molecule has 2 heteroatoms. The van der Waals surface area contributed by atoms with Gasteiger partial charge in [0.2, 0.25) is 0 Å². The lowest BCUT2D eigenvalue weighted by Gasteiger charge is -2.05. The van der Waals surface area contributed by atoms with Gasteiger partial charge in [-0.2, -0.15) is 0 Å². The largest absolute Gasteiger partial charge is 0.392 e. The summed E-state index contributed by atoms with van der Waals surface area (Å²) in [7, 11) is 0. The lowest BCUT2D eigenvalue weighted by Crippen LogP contribution is -1.90. The first-order valence-corrected chi connectivity index (χ1v) is 5.25. The Bertz CT molecular complexity index is 318. The molecule has 0 aromatic heterocycles. The Hall–Kier alpha value is -0.790. The summed E-state index contributed by atoms with van der Waals surface area (Å²) in [5.74, 6) is 0.648. The second kappa shape index (κ2) is 5.84. The van der Waals surface area contributed by atoms with Gasteiger partial charge in [-0.1, -0.05) is 30.4 Å². The maximum Gasteiger partial charge on any atom is 0.0684 e. The van der Waals surface area contributed by atoms with Gasteiger partial charge in [0, 0.05) is 5.88 Å². The summed E-state index contributed by atoms with van der Waals surface area (Å²) >= 11 is 5.57. The van der Waals surface area contributed by atoms with E-state index >= 15 is 0 Å². The van der Waals surface area contributed by atoms with Crippen LogP contribution >= 0.6 is 11.6 Å². The molecule has 0 fully saturated rings. The molecule has 1 nitrogen and oxygen atoms in total. The molecule has 0 heterocycles. The number of benzene rings is 1. The van der Waals surface area contributed by atoms with Crippen molar-refractivity contribution in [1.29, 1.82) is 0 Å². The van der Waals surface area contributed by atoms with Crippen LogP contribution in [0, 0.1) is 6.92 Å². The summed E-state index contributed by atoms with van der Waals surface area (Å²) in [6.07, 6.45) is 4.98. The zero-order valence-corrected chi connectivity index (χ0v) is 9.09. The van der Waals surface area contributed by atoms with Gasteiger partial charge in [0.05, 0.1) is 6.61 Å². The molecule has 76 valence electrons. The van der Waals surface area contributed by atoms with E-state index < -0.39 is 0 Å². The minimum Gasteiger partial charge on any atom is -0.392 e. The predicted octanol–water partition coefficient (Wildman–Crippen LogP) is 3.13. The van der Waals surface area contributed by atoms with E-state index in [1.165, 1.54) is 0 Å². The van der Waals surface area contributed by atoms with Gasteiger partial charge in [-0.05, 0) is 30.0 Å². The Morgan fingerprint density at radius 3 is 2.86 bits per heavy atom. The van der Waals surface area contributed by atoms with Gasteiger partial charge in [-0.25, -0.2) is 0 Å². The molecule has 0 spiro atoms. The number of alkyl halides is 1. The highest BCUT2D eigenvalue weighted by Crippen LogP contribution is 2.15. The number of hydrogen-bond acceptors (Lipinski definition) is 1. The number of aliphatic hydroxyl groups excluding tert-OH is 1. The average molecular weight is 211 g/mol. The van der Waals surface area contributed by atoms with Crippen molar-refractivity contribution in [2.24, 2.45) is 0 Å². The van der Waals surface area contributed by atoms with E-state index in [0.29, 0.717) is 5.88 Å². The van der Waals surface area contributed by atoms with Gasteiger partial charge in [-0.15, -0.1) is 11.6 Å². The van der Waals surface area contributed by atoms with E-state index in [0.717, 1.165) is 23.1 Å². The van der Waals surface area contributed by atoms with Crippen LogP contribution in [-0.2, 0) is 6.61 Å². The summed E-state index contributed by atoms with van der Waals surface area (Å²) in [5.41, 5.74) is 3.28. The van der Waals surface area contributed by atoms with Crippen LogP contribution in [0.1, 0.15) is 23.1 Å². The van der Waals surface area contributed by atoms with Gasteiger partial charge in [-0.3, -0.25) is 0 Å². The smallest absolute Gasteiger partial charge is 0.0684 e. The minimum absolute atomic E-state index is 0.100. The highest BCUT2D eigenvalue weighted by atomic mass is 35.5. The number of allylic oxidation sites excluding steroid dienone is 1. The Labute approximate surface area is 90.0 Å². The lowest BCUT2D eigenvalue weighted by atomic mass is 10.0. The van der Waals surface area contributed by atoms with Crippen LogP contribution < -0.4 is 0 Å². The van der Waals surface area contributed by atoms with Crippen molar-refractivity contribution in [3.8, 4) is 0 Å². The van der Waals surface area contributed by atoms with Crippen LogP contribution in [0.25, 0.3) is 6.08 Å². The van der Waals surface area contributed by atoms with Gasteiger partial charge >= 0.3 is 0 Å². The molecule has 14 heavy (non-hydrogen) atoms. The van der Waals surface area contributed by atoms with Crippen LogP contribution in [0.4, 0.5) is 0 Å². The summed E-state index contributed by atoms with van der Waals surface area (Å²) in [4.78, 5) is 0.